The summed E-state index contributed by atoms with van der Waals surface area (Å²) in [5.74, 6) is -1.88. The first-order valence-electron chi connectivity index (χ1n) is 9.67. The van der Waals surface area contributed by atoms with Crippen molar-refractivity contribution in [1.29, 1.82) is 0 Å². The molecule has 0 unspecified atom stereocenters. The molecule has 0 radical (unpaired) electrons. The number of aromatic carboxylic acids is 1. The second-order valence-electron chi connectivity index (χ2n) is 6.66. The Morgan fingerprint density at radius 2 is 1.87 bits per heavy atom. The fraction of sp³-hybridized carbons (Fsp3) is 0.333. The van der Waals surface area contributed by atoms with Crippen LogP contribution in [0.3, 0.4) is 0 Å². The van der Waals surface area contributed by atoms with Gasteiger partial charge in [-0.2, -0.15) is 0 Å². The fourth-order valence-corrected chi connectivity index (χ4v) is 4.03. The Balaban J connectivity index is 2.00. The van der Waals surface area contributed by atoms with Crippen LogP contribution in [0.2, 0.25) is 0 Å². The predicted molar refractivity (Wildman–Crippen MR) is 113 cm³/mol. The monoisotopic (exact) mass is 446 g/mol. The van der Waals surface area contributed by atoms with Crippen LogP contribution in [-0.4, -0.2) is 65.3 Å². The van der Waals surface area contributed by atoms with Crippen LogP contribution in [-0.2, 0) is 25.6 Å². The molecule has 0 atom stereocenters. The van der Waals surface area contributed by atoms with Crippen LogP contribution in [0.15, 0.2) is 29.1 Å². The number of nitrogens with zero attached hydrogens (tertiary/aromatic N) is 2. The zero-order chi connectivity index (χ0) is 22.4. The van der Waals surface area contributed by atoms with E-state index in [2.05, 4.69) is 0 Å². The number of carboxylic acid groups (broad SMARTS) is 1. The topological polar surface area (TPSA) is 115 Å². The number of morpholine rings is 1. The van der Waals surface area contributed by atoms with E-state index in [0.29, 0.717) is 41.1 Å². The first-order chi connectivity index (χ1) is 14.9. The SMILES string of the molecule is CCOC(=O)C=c1sc(=Cc2ccc(C(=O)O)cc2)c(=O)n1CC(=O)N1CCOCC1. The first-order valence-corrected chi connectivity index (χ1v) is 10.5. The summed E-state index contributed by atoms with van der Waals surface area (Å²) < 4.78 is 12.1. The number of amides is 1. The third-order valence-electron chi connectivity index (χ3n) is 4.58. The zero-order valence-electron chi connectivity index (χ0n) is 16.9. The molecule has 0 saturated carbocycles. The van der Waals surface area contributed by atoms with E-state index in [1.54, 1.807) is 30.0 Å². The summed E-state index contributed by atoms with van der Waals surface area (Å²) in [5.41, 5.74) is 0.343. The van der Waals surface area contributed by atoms with Gasteiger partial charge in [-0.05, 0) is 30.7 Å². The van der Waals surface area contributed by atoms with Crippen molar-refractivity contribution in [3.05, 3.63) is 54.9 Å². The van der Waals surface area contributed by atoms with Gasteiger partial charge < -0.3 is 19.5 Å². The van der Waals surface area contributed by atoms with E-state index in [1.807, 2.05) is 0 Å². The highest BCUT2D eigenvalue weighted by molar-refractivity contribution is 7.07. The molecule has 0 spiro atoms. The second-order valence-corrected chi connectivity index (χ2v) is 7.72. The van der Waals surface area contributed by atoms with E-state index in [1.165, 1.54) is 22.8 Å². The van der Waals surface area contributed by atoms with Gasteiger partial charge in [-0.3, -0.25) is 14.2 Å². The van der Waals surface area contributed by atoms with E-state index in [4.69, 9.17) is 14.6 Å². The van der Waals surface area contributed by atoms with Crippen molar-refractivity contribution in [2.75, 3.05) is 32.9 Å². The van der Waals surface area contributed by atoms with E-state index in [9.17, 15) is 19.2 Å². The minimum absolute atomic E-state index is 0.133. The number of benzene rings is 1. The molecule has 9 nitrogen and oxygen atoms in total. The molecule has 0 aliphatic carbocycles. The van der Waals surface area contributed by atoms with Gasteiger partial charge in [0, 0.05) is 13.1 Å². The van der Waals surface area contributed by atoms with Crippen molar-refractivity contribution in [2.24, 2.45) is 0 Å². The highest BCUT2D eigenvalue weighted by Crippen LogP contribution is 2.05. The van der Waals surface area contributed by atoms with Gasteiger partial charge in [0.05, 0.1) is 36.0 Å². The van der Waals surface area contributed by atoms with E-state index in [0.717, 1.165) is 11.3 Å². The Hall–Kier alpha value is -3.24. The molecule has 1 aliphatic heterocycles. The zero-order valence-corrected chi connectivity index (χ0v) is 17.7. The third kappa shape index (κ3) is 5.68. The van der Waals surface area contributed by atoms with Gasteiger partial charge in [-0.25, -0.2) is 9.59 Å². The summed E-state index contributed by atoms with van der Waals surface area (Å²) in [7, 11) is 0. The van der Waals surface area contributed by atoms with Gasteiger partial charge in [0.2, 0.25) is 5.91 Å². The normalized spacial score (nSPS) is 15.2. The van der Waals surface area contributed by atoms with Crippen LogP contribution < -0.4 is 14.8 Å². The van der Waals surface area contributed by atoms with Crippen LogP contribution in [0.4, 0.5) is 0 Å². The van der Waals surface area contributed by atoms with Crippen LogP contribution in [0, 0.1) is 0 Å². The molecule has 164 valence electrons. The number of carboxylic acids is 1. The average Bonchev–Trinajstić information content (AvgIpc) is 3.03. The molecule has 1 fully saturated rings. The maximum absolute atomic E-state index is 13.0. The van der Waals surface area contributed by atoms with Crippen molar-refractivity contribution in [1.82, 2.24) is 9.47 Å². The maximum atomic E-state index is 13.0. The first kappa shape index (κ1) is 22.4. The molecule has 3 rings (SSSR count). The lowest BCUT2D eigenvalue weighted by atomic mass is 10.1. The summed E-state index contributed by atoms with van der Waals surface area (Å²) >= 11 is 1.06. The van der Waals surface area contributed by atoms with Gasteiger partial charge in [-0.15, -0.1) is 11.3 Å². The molecule has 31 heavy (non-hydrogen) atoms. The molecule has 1 saturated heterocycles. The highest BCUT2D eigenvalue weighted by Gasteiger charge is 2.19. The molecule has 1 aromatic heterocycles. The molecule has 0 bridgehead atoms. The van der Waals surface area contributed by atoms with Gasteiger partial charge in [0.25, 0.3) is 5.56 Å². The number of esters is 1. The highest BCUT2D eigenvalue weighted by atomic mass is 32.1. The lowest BCUT2D eigenvalue weighted by molar-refractivity contribution is -0.136. The summed E-state index contributed by atoms with van der Waals surface area (Å²) in [4.78, 5) is 50.3. The van der Waals surface area contributed by atoms with Crippen LogP contribution >= 0.6 is 11.3 Å². The van der Waals surface area contributed by atoms with Crippen molar-refractivity contribution in [2.45, 2.75) is 13.5 Å². The van der Waals surface area contributed by atoms with Gasteiger partial charge in [0.1, 0.15) is 11.2 Å². The number of thiazole rings is 1. The van der Waals surface area contributed by atoms with Gasteiger partial charge in [0.15, 0.2) is 0 Å². The Labute approximate surface area is 181 Å². The molecular formula is C21H22N2O7S. The van der Waals surface area contributed by atoms with Crippen molar-refractivity contribution in [3.8, 4) is 0 Å². The van der Waals surface area contributed by atoms with E-state index >= 15 is 0 Å². The molecule has 2 aromatic rings. The number of rotatable bonds is 6. The molecule has 10 heteroatoms. The molecule has 1 amide bonds. The van der Waals surface area contributed by atoms with E-state index < -0.39 is 17.5 Å². The quantitative estimate of drug-likeness (QED) is 0.603. The number of hydrogen-bond acceptors (Lipinski definition) is 7. The van der Waals surface area contributed by atoms with Crippen LogP contribution in [0.1, 0.15) is 22.8 Å². The summed E-state index contributed by atoms with van der Waals surface area (Å²) in [6, 6.07) is 6.04. The fourth-order valence-electron chi connectivity index (χ4n) is 3.00. The van der Waals surface area contributed by atoms with Crippen molar-refractivity contribution < 1.29 is 29.0 Å². The van der Waals surface area contributed by atoms with Crippen LogP contribution in [0.25, 0.3) is 12.2 Å². The van der Waals surface area contributed by atoms with Gasteiger partial charge >= 0.3 is 11.9 Å². The lowest BCUT2D eigenvalue weighted by Gasteiger charge is -2.26. The molecule has 1 aliphatic rings. The number of hydrogen-bond donors (Lipinski definition) is 1. The van der Waals surface area contributed by atoms with Gasteiger partial charge in [-0.1, -0.05) is 12.1 Å². The minimum atomic E-state index is -1.04. The number of ether oxygens (including phenoxy) is 2. The lowest BCUT2D eigenvalue weighted by Crippen LogP contribution is -2.45. The Morgan fingerprint density at radius 3 is 2.48 bits per heavy atom. The Morgan fingerprint density at radius 1 is 1.19 bits per heavy atom. The molecule has 1 aromatic carbocycles. The smallest absolute Gasteiger partial charge is 0.335 e. The minimum Gasteiger partial charge on any atom is -0.478 e. The Kier molecular flexibility index (Phi) is 7.37. The molecular weight excluding hydrogens is 424 g/mol. The Bertz CT molecular complexity index is 1140. The number of carbonyl (C=O) groups is 3. The molecule has 1 N–H and O–H groups in total. The predicted octanol–water partition coefficient (Wildman–Crippen LogP) is -0.361. The van der Waals surface area contributed by atoms with Crippen molar-refractivity contribution in [3.63, 3.8) is 0 Å². The molecule has 2 heterocycles. The van der Waals surface area contributed by atoms with Crippen molar-refractivity contribution >= 4 is 41.3 Å². The number of aromatic nitrogens is 1. The largest absolute Gasteiger partial charge is 0.478 e. The van der Waals surface area contributed by atoms with Crippen LogP contribution in [0.5, 0.6) is 0 Å². The standard InChI is InChI=1S/C21H22N2O7S/c1-2-30-19(25)12-18-23(13-17(24)22-7-9-29-10-8-22)20(26)16(31-18)11-14-3-5-15(6-4-14)21(27)28/h3-6,11-12H,2,7-10,13H2,1H3,(H,27,28). The maximum Gasteiger partial charge on any atom is 0.335 e. The third-order valence-corrected chi connectivity index (χ3v) is 5.64. The summed E-state index contributed by atoms with van der Waals surface area (Å²) in [6.07, 6.45) is 2.80. The summed E-state index contributed by atoms with van der Waals surface area (Å²) in [5, 5.41) is 9.02. The number of carbonyl (C=O) groups excluding carboxylic acids is 2. The average molecular weight is 446 g/mol. The second kappa shape index (κ2) is 10.2. The summed E-state index contributed by atoms with van der Waals surface area (Å²) in [6.45, 7) is 3.44. The van der Waals surface area contributed by atoms with E-state index in [-0.39, 0.29) is 24.6 Å².